The van der Waals surface area contributed by atoms with Gasteiger partial charge in [0.1, 0.15) is 0 Å². The Labute approximate surface area is 163 Å². The molecule has 1 aliphatic heterocycles. The summed E-state index contributed by atoms with van der Waals surface area (Å²) in [6, 6.07) is 3.53. The molecule has 1 saturated heterocycles. The SMILES string of the molecule is O=C(NCCc1csc(C2CCCN(C(=O)c3ccncc3)C2)n1)C1CC1. The van der Waals surface area contributed by atoms with Crippen LogP contribution < -0.4 is 5.32 Å². The predicted molar refractivity (Wildman–Crippen MR) is 104 cm³/mol. The molecule has 142 valence electrons. The molecule has 2 amide bonds. The van der Waals surface area contributed by atoms with Crippen LogP contribution in [0, 0.1) is 5.92 Å². The normalized spacial score (nSPS) is 19.7. The van der Waals surface area contributed by atoms with Crippen LogP contribution in [0.5, 0.6) is 0 Å². The van der Waals surface area contributed by atoms with Crippen molar-refractivity contribution >= 4 is 23.2 Å². The summed E-state index contributed by atoms with van der Waals surface area (Å²) in [6.45, 7) is 2.16. The monoisotopic (exact) mass is 384 g/mol. The van der Waals surface area contributed by atoms with E-state index < -0.39 is 0 Å². The number of likely N-dealkylation sites (tertiary alicyclic amines) is 1. The Morgan fingerprint density at radius 1 is 1.22 bits per heavy atom. The zero-order valence-electron chi connectivity index (χ0n) is 15.3. The molecule has 2 aromatic heterocycles. The smallest absolute Gasteiger partial charge is 0.253 e. The van der Waals surface area contributed by atoms with Gasteiger partial charge in [0.2, 0.25) is 5.91 Å². The lowest BCUT2D eigenvalue weighted by Gasteiger charge is -2.31. The van der Waals surface area contributed by atoms with Crippen molar-refractivity contribution < 1.29 is 9.59 Å². The minimum absolute atomic E-state index is 0.0710. The first-order chi connectivity index (χ1) is 13.2. The molecule has 1 aliphatic carbocycles. The number of hydrogen-bond donors (Lipinski definition) is 1. The van der Waals surface area contributed by atoms with Gasteiger partial charge in [0.25, 0.3) is 5.91 Å². The fourth-order valence-electron chi connectivity index (χ4n) is 3.47. The van der Waals surface area contributed by atoms with Crippen molar-refractivity contribution in [3.05, 3.63) is 46.2 Å². The molecule has 3 heterocycles. The van der Waals surface area contributed by atoms with E-state index in [-0.39, 0.29) is 17.7 Å². The minimum atomic E-state index is 0.0710. The van der Waals surface area contributed by atoms with Crippen molar-refractivity contribution in [3.63, 3.8) is 0 Å². The van der Waals surface area contributed by atoms with Gasteiger partial charge in [-0.15, -0.1) is 11.3 Å². The average Bonchev–Trinajstić information content (AvgIpc) is 3.47. The van der Waals surface area contributed by atoms with E-state index in [9.17, 15) is 9.59 Å². The van der Waals surface area contributed by atoms with Gasteiger partial charge in [0.05, 0.1) is 10.7 Å². The van der Waals surface area contributed by atoms with Crippen LogP contribution in [0.3, 0.4) is 0 Å². The Bertz CT molecular complexity index is 803. The third-order valence-corrected chi connectivity index (χ3v) is 6.24. The molecule has 0 radical (unpaired) electrons. The summed E-state index contributed by atoms with van der Waals surface area (Å²) in [7, 11) is 0. The van der Waals surface area contributed by atoms with E-state index in [1.165, 1.54) is 0 Å². The van der Waals surface area contributed by atoms with E-state index in [0.29, 0.717) is 24.6 Å². The Kier molecular flexibility index (Phi) is 5.48. The highest BCUT2D eigenvalue weighted by Gasteiger charge is 2.29. The zero-order chi connectivity index (χ0) is 18.6. The van der Waals surface area contributed by atoms with Gasteiger partial charge >= 0.3 is 0 Å². The van der Waals surface area contributed by atoms with Crippen molar-refractivity contribution in [2.24, 2.45) is 5.92 Å². The summed E-state index contributed by atoms with van der Waals surface area (Å²) in [5.74, 6) is 0.802. The highest BCUT2D eigenvalue weighted by molar-refractivity contribution is 7.09. The number of carbonyl (C=O) groups excluding carboxylic acids is 2. The van der Waals surface area contributed by atoms with Crippen molar-refractivity contribution in [1.29, 1.82) is 0 Å². The Hall–Kier alpha value is -2.28. The summed E-state index contributed by atoms with van der Waals surface area (Å²) in [5, 5.41) is 6.18. The molecule has 4 rings (SSSR count). The third-order valence-electron chi connectivity index (χ3n) is 5.18. The van der Waals surface area contributed by atoms with Gasteiger partial charge in [-0.05, 0) is 37.8 Å². The summed E-state index contributed by atoms with van der Waals surface area (Å²) >= 11 is 1.67. The van der Waals surface area contributed by atoms with E-state index in [4.69, 9.17) is 4.98 Å². The molecule has 6 nitrogen and oxygen atoms in total. The van der Waals surface area contributed by atoms with Gasteiger partial charge in [-0.2, -0.15) is 0 Å². The maximum atomic E-state index is 12.7. The van der Waals surface area contributed by atoms with Crippen LogP contribution in [0.25, 0.3) is 0 Å². The molecule has 2 aromatic rings. The number of rotatable bonds is 6. The number of thiazole rings is 1. The average molecular weight is 385 g/mol. The molecule has 0 spiro atoms. The molecule has 1 unspecified atom stereocenters. The van der Waals surface area contributed by atoms with Crippen LogP contribution in [0.15, 0.2) is 29.9 Å². The quantitative estimate of drug-likeness (QED) is 0.831. The van der Waals surface area contributed by atoms with Gasteiger partial charge in [-0.3, -0.25) is 14.6 Å². The van der Waals surface area contributed by atoms with Crippen LogP contribution in [-0.2, 0) is 11.2 Å². The highest BCUT2D eigenvalue weighted by Crippen LogP contribution is 2.30. The first-order valence-electron chi connectivity index (χ1n) is 9.62. The zero-order valence-corrected chi connectivity index (χ0v) is 16.1. The molecule has 7 heteroatoms. The molecule has 1 atom stereocenters. The Morgan fingerprint density at radius 2 is 2.04 bits per heavy atom. The van der Waals surface area contributed by atoms with Gasteiger partial charge in [0, 0.05) is 61.2 Å². The number of amides is 2. The summed E-state index contributed by atoms with van der Waals surface area (Å²) in [6.07, 6.45) is 8.19. The molecule has 0 bridgehead atoms. The molecule has 2 fully saturated rings. The van der Waals surface area contributed by atoms with Crippen molar-refractivity contribution in [1.82, 2.24) is 20.2 Å². The van der Waals surface area contributed by atoms with Crippen LogP contribution >= 0.6 is 11.3 Å². The summed E-state index contributed by atoms with van der Waals surface area (Å²) < 4.78 is 0. The molecule has 1 saturated carbocycles. The number of hydrogen-bond acceptors (Lipinski definition) is 5. The number of pyridine rings is 1. The maximum Gasteiger partial charge on any atom is 0.253 e. The Morgan fingerprint density at radius 3 is 2.81 bits per heavy atom. The second kappa shape index (κ2) is 8.17. The van der Waals surface area contributed by atoms with Crippen LogP contribution in [-0.4, -0.2) is 46.3 Å². The fraction of sp³-hybridized carbons (Fsp3) is 0.500. The molecule has 1 N–H and O–H groups in total. The van der Waals surface area contributed by atoms with Gasteiger partial charge in [-0.1, -0.05) is 0 Å². The largest absolute Gasteiger partial charge is 0.355 e. The first-order valence-corrected chi connectivity index (χ1v) is 10.5. The number of carbonyl (C=O) groups is 2. The van der Waals surface area contributed by atoms with E-state index in [1.54, 1.807) is 35.9 Å². The highest BCUT2D eigenvalue weighted by atomic mass is 32.1. The van der Waals surface area contributed by atoms with E-state index >= 15 is 0 Å². The van der Waals surface area contributed by atoms with Crippen LogP contribution in [0.1, 0.15) is 52.7 Å². The fourth-order valence-corrected chi connectivity index (χ4v) is 4.45. The van der Waals surface area contributed by atoms with Gasteiger partial charge in [0.15, 0.2) is 0 Å². The lowest BCUT2D eigenvalue weighted by molar-refractivity contribution is -0.122. The topological polar surface area (TPSA) is 75.2 Å². The van der Waals surface area contributed by atoms with Crippen molar-refractivity contribution in [3.8, 4) is 0 Å². The number of piperidine rings is 1. The number of nitrogens with zero attached hydrogens (tertiary/aromatic N) is 3. The predicted octanol–water partition coefficient (Wildman–Crippen LogP) is 2.63. The van der Waals surface area contributed by atoms with Crippen LogP contribution in [0.4, 0.5) is 0 Å². The number of nitrogens with one attached hydrogen (secondary N) is 1. The molecule has 27 heavy (non-hydrogen) atoms. The molecular formula is C20H24N4O2S. The third kappa shape index (κ3) is 4.53. The van der Waals surface area contributed by atoms with E-state index in [2.05, 4.69) is 15.7 Å². The summed E-state index contributed by atoms with van der Waals surface area (Å²) in [5.41, 5.74) is 1.72. The van der Waals surface area contributed by atoms with E-state index in [0.717, 1.165) is 49.4 Å². The molecule has 0 aromatic carbocycles. The first kappa shape index (κ1) is 18.1. The van der Waals surface area contributed by atoms with Gasteiger partial charge in [-0.25, -0.2) is 4.98 Å². The molecule has 2 aliphatic rings. The Balaban J connectivity index is 1.32. The minimum Gasteiger partial charge on any atom is -0.355 e. The molecular weight excluding hydrogens is 360 g/mol. The van der Waals surface area contributed by atoms with E-state index in [1.807, 2.05) is 4.90 Å². The second-order valence-corrected chi connectivity index (χ2v) is 8.21. The lowest BCUT2D eigenvalue weighted by Crippen LogP contribution is -2.39. The van der Waals surface area contributed by atoms with Crippen LogP contribution in [0.2, 0.25) is 0 Å². The van der Waals surface area contributed by atoms with Gasteiger partial charge < -0.3 is 10.2 Å². The standard InChI is InChI=1S/C20H24N4O2S/c25-18(14-3-4-14)22-10-7-17-13-27-19(23-17)16-2-1-11-24(12-16)20(26)15-5-8-21-9-6-15/h5-6,8-9,13-14,16H,1-4,7,10-12H2,(H,22,25). The second-order valence-electron chi connectivity index (χ2n) is 7.32. The van der Waals surface area contributed by atoms with Crippen molar-refractivity contribution in [2.45, 2.75) is 38.0 Å². The maximum absolute atomic E-state index is 12.7. The lowest BCUT2D eigenvalue weighted by atomic mass is 9.98. The number of aromatic nitrogens is 2. The van der Waals surface area contributed by atoms with Crippen molar-refractivity contribution in [2.75, 3.05) is 19.6 Å². The summed E-state index contributed by atoms with van der Waals surface area (Å²) in [4.78, 5) is 35.1.